The molecule has 0 fully saturated rings. The van der Waals surface area contributed by atoms with Crippen molar-refractivity contribution in [3.63, 3.8) is 0 Å². The highest BCUT2D eigenvalue weighted by Crippen LogP contribution is 2.23. The number of nitrogens with zero attached hydrogens (tertiary/aromatic N) is 1. The predicted octanol–water partition coefficient (Wildman–Crippen LogP) is 3.62. The summed E-state index contributed by atoms with van der Waals surface area (Å²) in [5.74, 6) is 0. The molecule has 142 valence electrons. The Morgan fingerprint density at radius 3 is 2.31 bits per heavy atom. The molecule has 1 aromatic rings. The second kappa shape index (κ2) is 15.3. The monoisotopic (exact) mass is 359 g/mol. The van der Waals surface area contributed by atoms with Gasteiger partial charge in [-0.2, -0.15) is 5.26 Å². The van der Waals surface area contributed by atoms with Crippen LogP contribution in [0.2, 0.25) is 0 Å². The number of benzene rings is 1. The average Bonchev–Trinajstić information content (AvgIpc) is 2.68. The molecule has 0 N–H and O–H groups in total. The minimum atomic E-state index is -0.185. The van der Waals surface area contributed by atoms with Gasteiger partial charge in [-0.05, 0) is 24.5 Å². The molecule has 0 heterocycles. The maximum absolute atomic E-state index is 9.16. The second-order valence-corrected chi connectivity index (χ2v) is 5.48. The normalized spacial score (nSPS) is 13.0. The third kappa shape index (κ3) is 9.50. The lowest BCUT2D eigenvalue weighted by molar-refractivity contribution is -0.00427. The molecule has 0 saturated heterocycles. The fraction of sp³-hybridized carbons (Fsp3) is 0.476. The van der Waals surface area contributed by atoms with Crippen molar-refractivity contribution in [1.29, 1.82) is 5.26 Å². The van der Waals surface area contributed by atoms with Crippen molar-refractivity contribution < 1.29 is 18.9 Å². The molecule has 1 rings (SSSR count). The Labute approximate surface area is 156 Å². The van der Waals surface area contributed by atoms with Gasteiger partial charge in [0.15, 0.2) is 0 Å². The van der Waals surface area contributed by atoms with E-state index in [9.17, 15) is 0 Å². The molecule has 0 spiro atoms. The van der Waals surface area contributed by atoms with Gasteiger partial charge in [-0.25, -0.2) is 0 Å². The van der Waals surface area contributed by atoms with Crippen molar-refractivity contribution in [2.75, 3.05) is 46.8 Å². The molecule has 26 heavy (non-hydrogen) atoms. The summed E-state index contributed by atoms with van der Waals surface area (Å²) in [5.41, 5.74) is 1.88. The lowest BCUT2D eigenvalue weighted by atomic mass is 9.98. The summed E-state index contributed by atoms with van der Waals surface area (Å²) >= 11 is 0. The summed E-state index contributed by atoms with van der Waals surface area (Å²) in [6.45, 7) is 5.12. The molecule has 0 aliphatic rings. The van der Waals surface area contributed by atoms with Crippen LogP contribution >= 0.6 is 0 Å². The maximum Gasteiger partial charge on any atom is 0.0916 e. The van der Waals surface area contributed by atoms with Gasteiger partial charge < -0.3 is 18.9 Å². The Kier molecular flexibility index (Phi) is 13.0. The molecule has 0 amide bonds. The minimum Gasteiger partial charge on any atom is -0.382 e. The van der Waals surface area contributed by atoms with Gasteiger partial charge in [0.1, 0.15) is 0 Å². The summed E-state index contributed by atoms with van der Waals surface area (Å²) < 4.78 is 21.8. The van der Waals surface area contributed by atoms with Gasteiger partial charge in [0.25, 0.3) is 0 Å². The highest BCUT2D eigenvalue weighted by atomic mass is 16.6. The summed E-state index contributed by atoms with van der Waals surface area (Å²) in [5, 5.41) is 9.16. The van der Waals surface area contributed by atoms with Gasteiger partial charge in [0, 0.05) is 13.2 Å². The van der Waals surface area contributed by atoms with E-state index in [-0.39, 0.29) is 6.10 Å². The average molecular weight is 359 g/mol. The van der Waals surface area contributed by atoms with Gasteiger partial charge in [0.05, 0.1) is 51.8 Å². The number of hydrogen-bond acceptors (Lipinski definition) is 5. The standard InChI is InChI=1S/C21H29NO4/c1-3-4-10-21(20(11-12-22)19-8-6-5-7-9-19)26-18-17-25-16-15-24-14-13-23-2/h3-9,11,21H,10,13-18H2,1-2H3/b4-3-,20-11+. The SMILES string of the molecule is C/C=C\CC(OCCOCCOCCOC)/C(=C/C#N)c1ccccc1. The van der Waals surface area contributed by atoms with Gasteiger partial charge in [0.2, 0.25) is 0 Å². The van der Waals surface area contributed by atoms with Crippen LogP contribution in [0.25, 0.3) is 5.57 Å². The topological polar surface area (TPSA) is 60.7 Å². The molecule has 1 aromatic carbocycles. The molecule has 0 bridgehead atoms. The molecular weight excluding hydrogens is 330 g/mol. The van der Waals surface area contributed by atoms with Crippen molar-refractivity contribution in [2.45, 2.75) is 19.4 Å². The highest BCUT2D eigenvalue weighted by Gasteiger charge is 2.15. The summed E-state index contributed by atoms with van der Waals surface area (Å²) in [4.78, 5) is 0. The van der Waals surface area contributed by atoms with Gasteiger partial charge in [-0.1, -0.05) is 42.5 Å². The third-order valence-corrected chi connectivity index (χ3v) is 3.61. The zero-order chi connectivity index (χ0) is 18.9. The lowest BCUT2D eigenvalue weighted by Gasteiger charge is -2.20. The van der Waals surface area contributed by atoms with E-state index >= 15 is 0 Å². The van der Waals surface area contributed by atoms with Gasteiger partial charge in [-0.3, -0.25) is 0 Å². The van der Waals surface area contributed by atoms with Crippen LogP contribution in [-0.2, 0) is 18.9 Å². The molecule has 0 aromatic heterocycles. The Morgan fingerprint density at radius 1 is 1.04 bits per heavy atom. The highest BCUT2D eigenvalue weighted by molar-refractivity contribution is 5.70. The van der Waals surface area contributed by atoms with E-state index < -0.39 is 0 Å². The van der Waals surface area contributed by atoms with Crippen LogP contribution in [0.3, 0.4) is 0 Å². The molecule has 1 atom stereocenters. The quantitative estimate of drug-likeness (QED) is 0.288. The third-order valence-electron chi connectivity index (χ3n) is 3.61. The summed E-state index contributed by atoms with van der Waals surface area (Å²) in [7, 11) is 1.64. The molecule has 0 saturated carbocycles. The van der Waals surface area contributed by atoms with Crippen molar-refractivity contribution in [3.05, 3.63) is 54.1 Å². The van der Waals surface area contributed by atoms with E-state index in [1.807, 2.05) is 49.4 Å². The van der Waals surface area contributed by atoms with Crippen molar-refractivity contribution in [1.82, 2.24) is 0 Å². The van der Waals surface area contributed by atoms with Crippen LogP contribution in [0, 0.1) is 11.3 Å². The van der Waals surface area contributed by atoms with E-state index in [0.29, 0.717) is 46.1 Å². The Balaban J connectivity index is 2.48. The first-order valence-corrected chi connectivity index (χ1v) is 8.85. The van der Waals surface area contributed by atoms with E-state index in [0.717, 1.165) is 11.1 Å². The van der Waals surface area contributed by atoms with E-state index in [1.165, 1.54) is 0 Å². The fourth-order valence-electron chi connectivity index (χ4n) is 2.32. The van der Waals surface area contributed by atoms with Gasteiger partial charge in [-0.15, -0.1) is 0 Å². The molecular formula is C21H29NO4. The van der Waals surface area contributed by atoms with Crippen LogP contribution < -0.4 is 0 Å². The largest absolute Gasteiger partial charge is 0.382 e. The molecule has 0 aliphatic carbocycles. The smallest absolute Gasteiger partial charge is 0.0916 e. The number of ether oxygens (including phenoxy) is 4. The van der Waals surface area contributed by atoms with E-state index in [4.69, 9.17) is 24.2 Å². The summed E-state index contributed by atoms with van der Waals surface area (Å²) in [6, 6.07) is 12.0. The predicted molar refractivity (Wildman–Crippen MR) is 103 cm³/mol. The first-order chi connectivity index (χ1) is 12.8. The van der Waals surface area contributed by atoms with Crippen LogP contribution in [0.5, 0.6) is 0 Å². The molecule has 1 unspecified atom stereocenters. The van der Waals surface area contributed by atoms with Crippen molar-refractivity contribution >= 4 is 5.57 Å². The number of nitriles is 1. The number of methoxy groups -OCH3 is 1. The zero-order valence-electron chi connectivity index (χ0n) is 15.7. The summed E-state index contributed by atoms with van der Waals surface area (Å²) in [6.07, 6.45) is 6.12. The molecule has 5 heteroatoms. The van der Waals surface area contributed by atoms with Crippen LogP contribution in [0.15, 0.2) is 48.6 Å². The first kappa shape index (κ1) is 22.1. The maximum atomic E-state index is 9.16. The minimum absolute atomic E-state index is 0.185. The lowest BCUT2D eigenvalue weighted by Crippen LogP contribution is -2.19. The van der Waals surface area contributed by atoms with Crippen LogP contribution in [0.4, 0.5) is 0 Å². The van der Waals surface area contributed by atoms with Crippen molar-refractivity contribution in [2.24, 2.45) is 0 Å². The fourth-order valence-corrected chi connectivity index (χ4v) is 2.32. The Bertz CT molecular complexity index is 563. The number of hydrogen-bond donors (Lipinski definition) is 0. The Hall–Kier alpha value is -1.97. The van der Waals surface area contributed by atoms with E-state index in [2.05, 4.69) is 6.07 Å². The van der Waals surface area contributed by atoms with Crippen LogP contribution in [-0.4, -0.2) is 52.9 Å². The second-order valence-electron chi connectivity index (χ2n) is 5.48. The Morgan fingerprint density at radius 2 is 1.69 bits per heavy atom. The molecule has 0 aliphatic heterocycles. The van der Waals surface area contributed by atoms with Crippen molar-refractivity contribution in [3.8, 4) is 6.07 Å². The number of rotatable bonds is 14. The number of allylic oxidation sites excluding steroid dienone is 2. The van der Waals surface area contributed by atoms with Crippen LogP contribution in [0.1, 0.15) is 18.9 Å². The zero-order valence-corrected chi connectivity index (χ0v) is 15.7. The van der Waals surface area contributed by atoms with Gasteiger partial charge >= 0.3 is 0 Å². The molecule has 0 radical (unpaired) electrons. The van der Waals surface area contributed by atoms with E-state index in [1.54, 1.807) is 13.2 Å². The molecule has 5 nitrogen and oxygen atoms in total. The first-order valence-electron chi connectivity index (χ1n) is 8.85.